The van der Waals surface area contributed by atoms with Crippen molar-refractivity contribution in [2.75, 3.05) is 50.2 Å². The molecule has 0 amide bonds. The smallest absolute Gasteiger partial charge is 0.151 e. The number of anilines is 2. The van der Waals surface area contributed by atoms with Gasteiger partial charge < -0.3 is 19.3 Å². The molecule has 2 aromatic rings. The van der Waals surface area contributed by atoms with Gasteiger partial charge in [-0.1, -0.05) is 12.1 Å². The number of likely N-dealkylation sites (N-methyl/N-ethyl adjacent to an activating group) is 2. The largest absolute Gasteiger partial charge is 0.489 e. The summed E-state index contributed by atoms with van der Waals surface area (Å²) >= 11 is 0. The third kappa shape index (κ3) is 6.35. The summed E-state index contributed by atoms with van der Waals surface area (Å²) in [5.74, 6) is 1.90. The Morgan fingerprint density at radius 2 is 1.04 bits per heavy atom. The molecule has 4 nitrogen and oxygen atoms in total. The maximum atomic E-state index is 6.10. The summed E-state index contributed by atoms with van der Waals surface area (Å²) in [4.78, 5) is 4.49. The molecule has 4 rings (SSSR count). The zero-order valence-corrected chi connectivity index (χ0v) is 20.6. The van der Waals surface area contributed by atoms with E-state index >= 15 is 0 Å². The average Bonchev–Trinajstić information content (AvgIpc) is 2.56. The molecule has 0 saturated heterocycles. The topological polar surface area (TPSA) is 24.9 Å². The second kappa shape index (κ2) is 14.1. The van der Waals surface area contributed by atoms with Crippen LogP contribution in [0.4, 0.5) is 11.4 Å². The fourth-order valence-corrected chi connectivity index (χ4v) is 4.14. The Balaban J connectivity index is 0.00000182. The molecule has 2 unspecified atom stereocenters. The van der Waals surface area contributed by atoms with Crippen molar-refractivity contribution in [1.82, 2.24) is 0 Å². The molecule has 0 radical (unpaired) electrons. The minimum Gasteiger partial charge on any atom is -0.489 e. The molecule has 2 heterocycles. The van der Waals surface area contributed by atoms with Crippen molar-refractivity contribution in [3.05, 3.63) is 24.3 Å². The molecule has 0 fully saturated rings. The molecule has 0 saturated carbocycles. The SMILES string of the molecule is CN1CCOc2c1ccc(P)c2-c1c(P)ccc2c1OCCN2C.[Ar].[Ar].[Ar].[Ar]. The fraction of sp³-hybridized carbons (Fsp3) is 0.333. The third-order valence-corrected chi connectivity index (χ3v) is 5.72. The molecule has 2 aliphatic heterocycles. The quantitative estimate of drug-likeness (QED) is 0.538. The molecule has 0 aliphatic carbocycles. The number of fused-ring (bicyclic) bond motifs is 2. The van der Waals surface area contributed by atoms with Gasteiger partial charge in [0.25, 0.3) is 0 Å². The van der Waals surface area contributed by atoms with E-state index in [1.165, 1.54) is 0 Å². The van der Waals surface area contributed by atoms with Gasteiger partial charge in [0, 0.05) is 176 Å². The Morgan fingerprint density at radius 3 is 1.39 bits per heavy atom. The van der Waals surface area contributed by atoms with E-state index in [0.717, 1.165) is 57.7 Å². The van der Waals surface area contributed by atoms with Gasteiger partial charge >= 0.3 is 0 Å². The van der Waals surface area contributed by atoms with E-state index in [-0.39, 0.29) is 151 Å². The monoisotopic (exact) mass is 520 g/mol. The molecule has 2 atom stereocenters. The van der Waals surface area contributed by atoms with Crippen LogP contribution >= 0.6 is 18.5 Å². The van der Waals surface area contributed by atoms with Crippen molar-refractivity contribution in [3.8, 4) is 22.6 Å². The predicted octanol–water partition coefficient (Wildman–Crippen LogP) is 2.01. The van der Waals surface area contributed by atoms with Crippen molar-refractivity contribution in [2.45, 2.75) is 0 Å². The van der Waals surface area contributed by atoms with Gasteiger partial charge in [0.1, 0.15) is 13.2 Å². The molecule has 2 aromatic carbocycles. The summed E-state index contributed by atoms with van der Waals surface area (Å²) < 4.78 is 12.2. The summed E-state index contributed by atoms with van der Waals surface area (Å²) in [6.45, 7) is 3.21. The van der Waals surface area contributed by atoms with Gasteiger partial charge in [0.15, 0.2) is 11.5 Å². The van der Waals surface area contributed by atoms with Crippen molar-refractivity contribution >= 4 is 40.5 Å². The number of rotatable bonds is 1. The number of nitrogens with zero attached hydrogens (tertiary/aromatic N) is 2. The van der Waals surface area contributed by atoms with Gasteiger partial charge in [-0.05, 0) is 22.7 Å². The van der Waals surface area contributed by atoms with Gasteiger partial charge in [0.05, 0.1) is 24.5 Å². The fourth-order valence-electron chi connectivity index (χ4n) is 3.39. The van der Waals surface area contributed by atoms with E-state index < -0.39 is 0 Å². The van der Waals surface area contributed by atoms with Crippen LogP contribution in [0.3, 0.4) is 0 Å². The van der Waals surface area contributed by atoms with E-state index in [4.69, 9.17) is 9.47 Å². The number of ether oxygens (including phenoxy) is 2. The summed E-state index contributed by atoms with van der Waals surface area (Å²) in [7, 11) is 9.92. The summed E-state index contributed by atoms with van der Waals surface area (Å²) in [6.07, 6.45) is 0. The Morgan fingerprint density at radius 1 is 0.679 bits per heavy atom. The number of hydrogen-bond acceptors (Lipinski definition) is 4. The first-order chi connectivity index (χ1) is 11.6. The molecular weight excluding hydrogens is 498 g/mol. The average molecular weight is 520 g/mol. The second-order valence-electron chi connectivity index (χ2n) is 6.30. The maximum absolute atomic E-state index is 6.10. The molecule has 0 spiro atoms. The van der Waals surface area contributed by atoms with Crippen LogP contribution in [-0.2, 0) is 0 Å². The third-order valence-electron chi connectivity index (χ3n) is 4.76. The van der Waals surface area contributed by atoms with Crippen molar-refractivity contribution in [1.29, 1.82) is 0 Å². The van der Waals surface area contributed by atoms with Crippen LogP contribution in [0.1, 0.15) is 0 Å². The Labute approximate surface area is 292 Å². The maximum Gasteiger partial charge on any atom is 0.151 e. The zero-order chi connectivity index (χ0) is 16.8. The van der Waals surface area contributed by atoms with E-state index in [0.29, 0.717) is 13.2 Å². The molecule has 2 aliphatic rings. The van der Waals surface area contributed by atoms with Crippen LogP contribution in [-0.4, -0.2) is 40.4 Å². The van der Waals surface area contributed by atoms with Crippen molar-refractivity contribution in [2.24, 2.45) is 0 Å². The summed E-state index contributed by atoms with van der Waals surface area (Å²) in [6, 6.07) is 8.54. The first-order valence-electron chi connectivity index (χ1n) is 8.11. The molecular formula is C18H22Ar4N2O2P2. The first-order valence-corrected chi connectivity index (χ1v) is 9.26. The zero-order valence-electron chi connectivity index (χ0n) is 15.4. The number of benzene rings is 2. The molecule has 0 bridgehead atoms. The summed E-state index contributed by atoms with van der Waals surface area (Å²) in [5.41, 5.74) is 4.49. The molecule has 10 heteroatoms. The minimum absolute atomic E-state index is 0. The van der Waals surface area contributed by atoms with Gasteiger partial charge in [-0.3, -0.25) is 0 Å². The Hall–Kier alpha value is 3.54. The van der Waals surface area contributed by atoms with E-state index in [1.54, 1.807) is 0 Å². The molecule has 28 heavy (non-hydrogen) atoms. The second-order valence-corrected chi connectivity index (χ2v) is 7.54. The molecule has 0 N–H and O–H groups in total. The molecule has 158 valence electrons. The van der Waals surface area contributed by atoms with E-state index in [9.17, 15) is 0 Å². The van der Waals surface area contributed by atoms with Gasteiger partial charge in [-0.15, -0.1) is 18.5 Å². The van der Waals surface area contributed by atoms with Crippen LogP contribution in [0.15, 0.2) is 24.3 Å². The van der Waals surface area contributed by atoms with Gasteiger partial charge in [-0.25, -0.2) is 0 Å². The van der Waals surface area contributed by atoms with Crippen LogP contribution in [0.2, 0.25) is 0 Å². The Kier molecular flexibility index (Phi) is 15.8. The van der Waals surface area contributed by atoms with Gasteiger partial charge in [0.2, 0.25) is 0 Å². The van der Waals surface area contributed by atoms with Crippen molar-refractivity contribution in [3.63, 3.8) is 0 Å². The standard InChI is InChI=1S/C18H22N2O2P2.4Ar/c1-19-7-9-21-17-11(19)3-5-13(23)15(17)16-14(24)6-4-12-18(16)22-10-8-20(12)2;;;;/h3-6H,7-10,23-24H2,1-2H3;;;;. The first kappa shape index (κ1) is 31.5. The van der Waals surface area contributed by atoms with Crippen molar-refractivity contribution < 1.29 is 160 Å². The summed E-state index contributed by atoms with van der Waals surface area (Å²) in [5, 5.41) is 2.25. The van der Waals surface area contributed by atoms with Crippen LogP contribution in [0.25, 0.3) is 11.1 Å². The molecule has 0 aromatic heterocycles. The normalized spacial score (nSPS) is 13.9. The van der Waals surface area contributed by atoms with Crippen LogP contribution in [0.5, 0.6) is 11.5 Å². The predicted molar refractivity (Wildman–Crippen MR) is 108 cm³/mol. The van der Waals surface area contributed by atoms with Crippen LogP contribution in [0, 0.1) is 151 Å². The van der Waals surface area contributed by atoms with Gasteiger partial charge in [-0.2, -0.15) is 0 Å². The number of hydrogen-bond donors (Lipinski definition) is 0. The van der Waals surface area contributed by atoms with Crippen LogP contribution < -0.4 is 29.9 Å². The van der Waals surface area contributed by atoms with E-state index in [1.807, 2.05) is 0 Å². The minimum atomic E-state index is 0. The Bertz CT molecular complexity index is 759. The van der Waals surface area contributed by atoms with E-state index in [2.05, 4.69) is 66.6 Å².